The predicted octanol–water partition coefficient (Wildman–Crippen LogP) is 4.62. The summed E-state index contributed by atoms with van der Waals surface area (Å²) in [6, 6.07) is 2.14. The summed E-state index contributed by atoms with van der Waals surface area (Å²) in [4.78, 5) is 10.4. The summed E-state index contributed by atoms with van der Waals surface area (Å²) in [6.07, 6.45) is 1.89. The summed E-state index contributed by atoms with van der Waals surface area (Å²) in [5.41, 5.74) is -0.0369. The van der Waals surface area contributed by atoms with E-state index < -0.39 is 10.7 Å². The van der Waals surface area contributed by atoms with Gasteiger partial charge in [-0.25, -0.2) is 4.39 Å². The second-order valence-electron chi connectivity index (χ2n) is 4.84. The molecule has 2 unspecified atom stereocenters. The van der Waals surface area contributed by atoms with Crippen LogP contribution in [0.3, 0.4) is 0 Å². The van der Waals surface area contributed by atoms with Gasteiger partial charge < -0.3 is 5.32 Å². The Balaban J connectivity index is 2.93. The van der Waals surface area contributed by atoms with Gasteiger partial charge in [0, 0.05) is 18.2 Å². The van der Waals surface area contributed by atoms with Crippen molar-refractivity contribution in [2.24, 2.45) is 5.92 Å². The van der Waals surface area contributed by atoms with Crippen molar-refractivity contribution in [1.29, 1.82) is 0 Å². The third-order valence-corrected chi connectivity index (χ3v) is 3.38. The van der Waals surface area contributed by atoms with Crippen molar-refractivity contribution in [1.82, 2.24) is 0 Å². The predicted molar refractivity (Wildman–Crippen MR) is 75.2 cm³/mol. The standard InChI is InChI=1S/C13H18ClFN2O2/c1-4-8(2)5-9(3)16-12-7-11(15)10(14)6-13(12)17(18)19/h6-9,16H,4-5H2,1-3H3. The number of rotatable bonds is 6. The number of nitro benzene ring substituents is 1. The van der Waals surface area contributed by atoms with E-state index >= 15 is 0 Å². The normalized spacial score (nSPS) is 13.9. The van der Waals surface area contributed by atoms with Crippen molar-refractivity contribution in [2.75, 3.05) is 5.32 Å². The van der Waals surface area contributed by atoms with Gasteiger partial charge in [-0.1, -0.05) is 31.9 Å². The van der Waals surface area contributed by atoms with E-state index in [0.717, 1.165) is 25.0 Å². The summed E-state index contributed by atoms with van der Waals surface area (Å²) >= 11 is 5.57. The van der Waals surface area contributed by atoms with Gasteiger partial charge in [0.05, 0.1) is 9.95 Å². The van der Waals surface area contributed by atoms with Crippen molar-refractivity contribution in [2.45, 2.75) is 39.7 Å². The third kappa shape index (κ3) is 4.35. The molecule has 0 saturated heterocycles. The lowest BCUT2D eigenvalue weighted by molar-refractivity contribution is -0.384. The molecule has 106 valence electrons. The quantitative estimate of drug-likeness (QED) is 0.613. The molecule has 1 aromatic carbocycles. The SMILES string of the molecule is CCC(C)CC(C)Nc1cc(F)c(Cl)cc1[N+](=O)[O-]. The van der Waals surface area contributed by atoms with E-state index in [2.05, 4.69) is 19.2 Å². The lowest BCUT2D eigenvalue weighted by atomic mass is 10.00. The van der Waals surface area contributed by atoms with E-state index in [1.807, 2.05) is 6.92 Å². The van der Waals surface area contributed by atoms with Crippen molar-refractivity contribution in [3.05, 3.63) is 33.1 Å². The largest absolute Gasteiger partial charge is 0.377 e. The summed E-state index contributed by atoms with van der Waals surface area (Å²) in [5, 5.41) is 13.7. The maximum atomic E-state index is 13.4. The minimum absolute atomic E-state index is 0.0224. The molecule has 1 N–H and O–H groups in total. The molecule has 2 atom stereocenters. The molecule has 0 heterocycles. The van der Waals surface area contributed by atoms with Gasteiger partial charge in [0.15, 0.2) is 0 Å². The topological polar surface area (TPSA) is 55.2 Å². The fourth-order valence-electron chi connectivity index (χ4n) is 1.90. The average molecular weight is 289 g/mol. The number of halogens is 2. The molecule has 0 bridgehead atoms. The molecule has 4 nitrogen and oxygen atoms in total. The first kappa shape index (κ1) is 15.7. The number of hydrogen-bond acceptors (Lipinski definition) is 3. The minimum atomic E-state index is -0.662. The highest BCUT2D eigenvalue weighted by Gasteiger charge is 2.19. The van der Waals surface area contributed by atoms with Crippen LogP contribution in [0.25, 0.3) is 0 Å². The van der Waals surface area contributed by atoms with E-state index in [1.54, 1.807) is 0 Å². The maximum absolute atomic E-state index is 13.4. The van der Waals surface area contributed by atoms with Crippen LogP contribution in [0.5, 0.6) is 0 Å². The van der Waals surface area contributed by atoms with Crippen molar-refractivity contribution in [3.63, 3.8) is 0 Å². The van der Waals surface area contributed by atoms with Crippen LogP contribution >= 0.6 is 11.6 Å². The van der Waals surface area contributed by atoms with E-state index in [9.17, 15) is 14.5 Å². The summed E-state index contributed by atoms with van der Waals surface area (Å²) in [5.74, 6) is -0.163. The molecule has 0 amide bonds. The van der Waals surface area contributed by atoms with Crippen LogP contribution in [-0.4, -0.2) is 11.0 Å². The minimum Gasteiger partial charge on any atom is -0.377 e. The van der Waals surface area contributed by atoms with Crippen LogP contribution in [0, 0.1) is 21.8 Å². The maximum Gasteiger partial charge on any atom is 0.294 e. The molecule has 0 aliphatic heterocycles. The molecule has 0 spiro atoms. The molecule has 1 aromatic rings. The van der Waals surface area contributed by atoms with Crippen LogP contribution in [0.4, 0.5) is 15.8 Å². The van der Waals surface area contributed by atoms with Gasteiger partial charge in [0.25, 0.3) is 5.69 Å². The van der Waals surface area contributed by atoms with Gasteiger partial charge in [0.1, 0.15) is 11.5 Å². The zero-order chi connectivity index (χ0) is 14.6. The Morgan fingerprint density at radius 3 is 2.63 bits per heavy atom. The molecule has 0 fully saturated rings. The molecule has 0 saturated carbocycles. The fourth-order valence-corrected chi connectivity index (χ4v) is 2.06. The average Bonchev–Trinajstić information content (AvgIpc) is 2.32. The Labute approximate surface area is 117 Å². The van der Waals surface area contributed by atoms with Gasteiger partial charge in [-0.05, 0) is 19.3 Å². The summed E-state index contributed by atoms with van der Waals surface area (Å²) < 4.78 is 13.4. The number of hydrogen-bond donors (Lipinski definition) is 1. The Hall–Kier alpha value is -1.36. The molecule has 1 rings (SSSR count). The molecule has 0 aliphatic carbocycles. The second-order valence-corrected chi connectivity index (χ2v) is 5.24. The number of nitrogens with one attached hydrogen (secondary N) is 1. The van der Waals surface area contributed by atoms with Gasteiger partial charge in [-0.15, -0.1) is 0 Å². The Kier molecular flexibility index (Phi) is 5.54. The molecular formula is C13H18ClFN2O2. The van der Waals surface area contributed by atoms with Crippen LogP contribution in [-0.2, 0) is 0 Å². The fraction of sp³-hybridized carbons (Fsp3) is 0.538. The summed E-state index contributed by atoms with van der Waals surface area (Å²) in [7, 11) is 0. The first-order chi connectivity index (χ1) is 8.85. The van der Waals surface area contributed by atoms with Gasteiger partial charge >= 0.3 is 0 Å². The molecular weight excluding hydrogens is 271 g/mol. The van der Waals surface area contributed by atoms with Crippen LogP contribution in [0.15, 0.2) is 12.1 Å². The van der Waals surface area contributed by atoms with E-state index in [1.165, 1.54) is 0 Å². The first-order valence-corrected chi connectivity index (χ1v) is 6.62. The highest BCUT2D eigenvalue weighted by Crippen LogP contribution is 2.31. The molecule has 6 heteroatoms. The molecule has 0 aromatic heterocycles. The molecule has 0 radical (unpaired) electrons. The number of nitro groups is 1. The lowest BCUT2D eigenvalue weighted by Crippen LogP contribution is -2.19. The van der Waals surface area contributed by atoms with Crippen molar-refractivity contribution in [3.8, 4) is 0 Å². The van der Waals surface area contributed by atoms with Crippen LogP contribution < -0.4 is 5.32 Å². The van der Waals surface area contributed by atoms with Crippen LogP contribution in [0.2, 0.25) is 5.02 Å². The zero-order valence-electron chi connectivity index (χ0n) is 11.2. The monoisotopic (exact) mass is 288 g/mol. The Bertz CT molecular complexity index is 468. The number of benzene rings is 1. The number of nitrogens with zero attached hydrogens (tertiary/aromatic N) is 1. The van der Waals surface area contributed by atoms with Crippen molar-refractivity contribution < 1.29 is 9.31 Å². The highest BCUT2D eigenvalue weighted by atomic mass is 35.5. The van der Waals surface area contributed by atoms with Gasteiger partial charge in [-0.3, -0.25) is 10.1 Å². The van der Waals surface area contributed by atoms with Gasteiger partial charge in [-0.2, -0.15) is 0 Å². The van der Waals surface area contributed by atoms with Crippen molar-refractivity contribution >= 4 is 23.0 Å². The lowest BCUT2D eigenvalue weighted by Gasteiger charge is -2.18. The smallest absolute Gasteiger partial charge is 0.294 e. The second kappa shape index (κ2) is 6.70. The van der Waals surface area contributed by atoms with Gasteiger partial charge in [0.2, 0.25) is 0 Å². The third-order valence-electron chi connectivity index (χ3n) is 3.09. The Morgan fingerprint density at radius 1 is 1.47 bits per heavy atom. The Morgan fingerprint density at radius 2 is 2.11 bits per heavy atom. The number of anilines is 1. The van der Waals surface area contributed by atoms with E-state index in [-0.39, 0.29) is 22.4 Å². The molecule has 19 heavy (non-hydrogen) atoms. The summed E-state index contributed by atoms with van der Waals surface area (Å²) in [6.45, 7) is 6.11. The van der Waals surface area contributed by atoms with Crippen LogP contribution in [0.1, 0.15) is 33.6 Å². The first-order valence-electron chi connectivity index (χ1n) is 6.25. The van der Waals surface area contributed by atoms with E-state index in [0.29, 0.717) is 5.92 Å². The highest BCUT2D eigenvalue weighted by molar-refractivity contribution is 6.31. The van der Waals surface area contributed by atoms with E-state index in [4.69, 9.17) is 11.6 Å². The zero-order valence-corrected chi connectivity index (χ0v) is 12.0. The molecule has 0 aliphatic rings.